The number of nitrogens with zero attached hydrogens (tertiary/aromatic N) is 2. The molecule has 116 valence electrons. The summed E-state index contributed by atoms with van der Waals surface area (Å²) < 4.78 is 24.2. The molecule has 0 radical (unpaired) electrons. The first kappa shape index (κ1) is 17.6. The fraction of sp³-hybridized carbons (Fsp3) is 0.533. The summed E-state index contributed by atoms with van der Waals surface area (Å²) in [6.45, 7) is 2.30. The summed E-state index contributed by atoms with van der Waals surface area (Å²) in [6.07, 6.45) is 2.12. The average Bonchev–Trinajstić information content (AvgIpc) is 2.46. The van der Waals surface area contributed by atoms with Gasteiger partial charge in [-0.25, -0.2) is 8.42 Å². The standard InChI is InChI=1S/C15H23N3O2S/c1-18(2)10-4-3-8-17-9-11-21(19,20)15-7-5-6-14(12-15)13-16/h5-7,12,17H,3-4,8-11H2,1-2H3. The predicted octanol–water partition coefficient (Wildman–Crippen LogP) is 1.26. The van der Waals surface area contributed by atoms with Crippen molar-refractivity contribution in [2.45, 2.75) is 17.7 Å². The van der Waals surface area contributed by atoms with Crippen LogP contribution in [0.15, 0.2) is 29.2 Å². The van der Waals surface area contributed by atoms with Crippen molar-refractivity contribution in [2.75, 3.05) is 39.5 Å². The number of sulfone groups is 1. The number of unbranched alkanes of at least 4 members (excludes halogenated alkanes) is 1. The first-order valence-corrected chi connectivity index (χ1v) is 8.69. The lowest BCUT2D eigenvalue weighted by Gasteiger charge is -2.09. The van der Waals surface area contributed by atoms with E-state index in [4.69, 9.17) is 5.26 Å². The van der Waals surface area contributed by atoms with Gasteiger partial charge in [0, 0.05) is 6.54 Å². The Bertz CT molecular complexity index is 577. The summed E-state index contributed by atoms with van der Waals surface area (Å²) in [5, 5.41) is 12.0. The molecule has 21 heavy (non-hydrogen) atoms. The number of hydrogen-bond acceptors (Lipinski definition) is 5. The van der Waals surface area contributed by atoms with E-state index in [-0.39, 0.29) is 10.6 Å². The molecule has 0 heterocycles. The van der Waals surface area contributed by atoms with Crippen molar-refractivity contribution in [1.29, 1.82) is 5.26 Å². The van der Waals surface area contributed by atoms with Crippen molar-refractivity contribution in [1.82, 2.24) is 10.2 Å². The summed E-state index contributed by atoms with van der Waals surface area (Å²) in [7, 11) is 0.753. The van der Waals surface area contributed by atoms with Crippen molar-refractivity contribution in [3.05, 3.63) is 29.8 Å². The average molecular weight is 309 g/mol. The molecule has 0 aliphatic carbocycles. The summed E-state index contributed by atoms with van der Waals surface area (Å²) in [4.78, 5) is 2.35. The molecule has 6 heteroatoms. The molecular formula is C15H23N3O2S. The van der Waals surface area contributed by atoms with Crippen LogP contribution < -0.4 is 5.32 Å². The molecule has 0 spiro atoms. The Morgan fingerprint density at radius 2 is 2.00 bits per heavy atom. The summed E-state index contributed by atoms with van der Waals surface area (Å²) in [5.74, 6) is 0.0512. The third kappa shape index (κ3) is 6.71. The Morgan fingerprint density at radius 3 is 2.67 bits per heavy atom. The zero-order valence-corrected chi connectivity index (χ0v) is 13.5. The minimum absolute atomic E-state index is 0.0512. The van der Waals surface area contributed by atoms with Crippen LogP contribution in [-0.2, 0) is 9.84 Å². The van der Waals surface area contributed by atoms with Crippen molar-refractivity contribution >= 4 is 9.84 Å². The van der Waals surface area contributed by atoms with Crippen LogP contribution in [-0.4, -0.2) is 52.8 Å². The van der Waals surface area contributed by atoms with Gasteiger partial charge in [0.1, 0.15) is 0 Å². The summed E-state index contributed by atoms with van der Waals surface area (Å²) in [5.41, 5.74) is 0.368. The van der Waals surface area contributed by atoms with Crippen LogP contribution in [0, 0.1) is 11.3 Å². The maximum Gasteiger partial charge on any atom is 0.179 e. The van der Waals surface area contributed by atoms with Crippen LogP contribution in [0.4, 0.5) is 0 Å². The van der Waals surface area contributed by atoms with Crippen LogP contribution in [0.25, 0.3) is 0 Å². The molecule has 0 fully saturated rings. The molecule has 0 aliphatic heterocycles. The maximum absolute atomic E-state index is 12.1. The molecule has 0 bridgehead atoms. The van der Waals surface area contributed by atoms with Gasteiger partial charge in [-0.1, -0.05) is 6.07 Å². The Labute approximate surface area is 127 Å². The first-order chi connectivity index (χ1) is 9.95. The molecule has 1 aromatic carbocycles. The van der Waals surface area contributed by atoms with Gasteiger partial charge in [-0.05, 0) is 58.2 Å². The number of nitrogens with one attached hydrogen (secondary N) is 1. The van der Waals surface area contributed by atoms with Crippen LogP contribution in [0.3, 0.4) is 0 Å². The van der Waals surface area contributed by atoms with Crippen molar-refractivity contribution in [3.8, 4) is 6.07 Å². The van der Waals surface area contributed by atoms with E-state index in [1.807, 2.05) is 20.2 Å². The van der Waals surface area contributed by atoms with Gasteiger partial charge in [0.15, 0.2) is 9.84 Å². The predicted molar refractivity (Wildman–Crippen MR) is 83.9 cm³/mol. The van der Waals surface area contributed by atoms with E-state index in [1.54, 1.807) is 12.1 Å². The van der Waals surface area contributed by atoms with E-state index in [2.05, 4.69) is 10.2 Å². The van der Waals surface area contributed by atoms with E-state index >= 15 is 0 Å². The highest BCUT2D eigenvalue weighted by atomic mass is 32.2. The van der Waals surface area contributed by atoms with Gasteiger partial charge in [-0.3, -0.25) is 0 Å². The second-order valence-corrected chi connectivity index (χ2v) is 7.33. The molecule has 1 rings (SSSR count). The second-order valence-electron chi connectivity index (χ2n) is 5.22. The lowest BCUT2D eigenvalue weighted by molar-refractivity contribution is 0.392. The van der Waals surface area contributed by atoms with Gasteiger partial charge in [0.05, 0.1) is 22.3 Å². The van der Waals surface area contributed by atoms with Crippen molar-refractivity contribution < 1.29 is 8.42 Å². The van der Waals surface area contributed by atoms with Gasteiger partial charge >= 0.3 is 0 Å². The Morgan fingerprint density at radius 1 is 1.24 bits per heavy atom. The number of nitriles is 1. The van der Waals surface area contributed by atoms with Gasteiger partial charge in [-0.15, -0.1) is 0 Å². The van der Waals surface area contributed by atoms with Crippen molar-refractivity contribution in [2.24, 2.45) is 0 Å². The third-order valence-corrected chi connectivity index (χ3v) is 4.79. The van der Waals surface area contributed by atoms with Crippen LogP contribution in [0.2, 0.25) is 0 Å². The minimum atomic E-state index is -3.32. The normalized spacial score (nSPS) is 11.5. The number of benzene rings is 1. The molecular weight excluding hydrogens is 286 g/mol. The van der Waals surface area contributed by atoms with Gasteiger partial charge in [-0.2, -0.15) is 5.26 Å². The van der Waals surface area contributed by atoms with Gasteiger partial charge < -0.3 is 10.2 Å². The van der Waals surface area contributed by atoms with Gasteiger partial charge in [0.25, 0.3) is 0 Å². The van der Waals surface area contributed by atoms with E-state index in [0.717, 1.165) is 25.9 Å². The second kappa shape index (κ2) is 8.78. The largest absolute Gasteiger partial charge is 0.316 e. The molecule has 0 aromatic heterocycles. The lowest BCUT2D eigenvalue weighted by atomic mass is 10.2. The fourth-order valence-electron chi connectivity index (χ4n) is 1.89. The van der Waals surface area contributed by atoms with Crippen LogP contribution >= 0.6 is 0 Å². The molecule has 0 amide bonds. The van der Waals surface area contributed by atoms with Crippen LogP contribution in [0.1, 0.15) is 18.4 Å². The van der Waals surface area contributed by atoms with Crippen LogP contribution in [0.5, 0.6) is 0 Å². The van der Waals surface area contributed by atoms with E-state index in [0.29, 0.717) is 12.1 Å². The summed E-state index contributed by atoms with van der Waals surface area (Å²) in [6, 6.07) is 8.11. The molecule has 0 aliphatic rings. The Balaban J connectivity index is 2.35. The number of hydrogen-bond donors (Lipinski definition) is 1. The highest BCUT2D eigenvalue weighted by Gasteiger charge is 2.14. The third-order valence-electron chi connectivity index (χ3n) is 3.08. The molecule has 0 unspecified atom stereocenters. The molecule has 0 atom stereocenters. The molecule has 0 saturated heterocycles. The maximum atomic E-state index is 12.1. The van der Waals surface area contributed by atoms with Crippen molar-refractivity contribution in [3.63, 3.8) is 0 Å². The fourth-order valence-corrected chi connectivity index (χ4v) is 3.13. The molecule has 0 saturated carbocycles. The lowest BCUT2D eigenvalue weighted by Crippen LogP contribution is -2.24. The quantitative estimate of drug-likeness (QED) is 0.695. The Kier molecular flexibility index (Phi) is 7.37. The highest BCUT2D eigenvalue weighted by molar-refractivity contribution is 7.91. The van der Waals surface area contributed by atoms with E-state index in [1.165, 1.54) is 12.1 Å². The smallest absolute Gasteiger partial charge is 0.179 e. The summed E-state index contributed by atoms with van der Waals surface area (Å²) >= 11 is 0. The van der Waals surface area contributed by atoms with Gasteiger partial charge in [0.2, 0.25) is 0 Å². The highest BCUT2D eigenvalue weighted by Crippen LogP contribution is 2.12. The minimum Gasteiger partial charge on any atom is -0.316 e. The zero-order chi connectivity index (χ0) is 15.7. The Hall–Kier alpha value is -1.42. The zero-order valence-electron chi connectivity index (χ0n) is 12.7. The molecule has 1 aromatic rings. The van der Waals surface area contributed by atoms with E-state index in [9.17, 15) is 8.42 Å². The molecule has 1 N–H and O–H groups in total. The topological polar surface area (TPSA) is 73.2 Å². The monoisotopic (exact) mass is 309 g/mol. The SMILES string of the molecule is CN(C)CCCCNCCS(=O)(=O)c1cccc(C#N)c1. The van der Waals surface area contributed by atoms with E-state index < -0.39 is 9.84 Å². The number of rotatable bonds is 9. The first-order valence-electron chi connectivity index (χ1n) is 7.04. The molecule has 5 nitrogen and oxygen atoms in total.